The molecule has 0 heterocycles. The summed E-state index contributed by atoms with van der Waals surface area (Å²) in [6.45, 7) is 5.41. The van der Waals surface area contributed by atoms with Gasteiger partial charge in [-0.25, -0.2) is 0 Å². The van der Waals surface area contributed by atoms with E-state index in [9.17, 15) is 19.2 Å². The quantitative estimate of drug-likeness (QED) is 0.298. The first-order valence-corrected chi connectivity index (χ1v) is 12.3. The summed E-state index contributed by atoms with van der Waals surface area (Å²) in [4.78, 5) is 48.4. The summed E-state index contributed by atoms with van der Waals surface area (Å²) in [6, 6.07) is 13.4. The predicted molar refractivity (Wildman–Crippen MR) is 138 cm³/mol. The van der Waals surface area contributed by atoms with Crippen molar-refractivity contribution in [3.63, 3.8) is 0 Å². The van der Waals surface area contributed by atoms with Gasteiger partial charge in [-0.05, 0) is 67.8 Å². The van der Waals surface area contributed by atoms with Crippen LogP contribution in [-0.2, 0) is 9.59 Å². The second-order valence-electron chi connectivity index (χ2n) is 8.32. The molecule has 2 aromatic rings. The molecule has 2 rings (SSSR count). The lowest BCUT2D eigenvalue weighted by Gasteiger charge is -2.08. The van der Waals surface area contributed by atoms with E-state index in [1.165, 1.54) is 0 Å². The number of anilines is 2. The first-order chi connectivity index (χ1) is 16.9. The number of benzene rings is 2. The lowest BCUT2D eigenvalue weighted by atomic mass is 10.1. The van der Waals surface area contributed by atoms with Crippen molar-refractivity contribution in [1.82, 2.24) is 10.6 Å². The molecule has 0 fully saturated rings. The zero-order valence-electron chi connectivity index (χ0n) is 20.6. The fourth-order valence-corrected chi connectivity index (χ4v) is 3.23. The van der Waals surface area contributed by atoms with E-state index in [0.29, 0.717) is 42.0 Å². The van der Waals surface area contributed by atoms with Gasteiger partial charge in [-0.3, -0.25) is 19.2 Å². The predicted octanol–water partition coefficient (Wildman–Crippen LogP) is 4.49. The highest BCUT2D eigenvalue weighted by molar-refractivity contribution is 5.97. The molecule has 0 aliphatic heterocycles. The third-order valence-corrected chi connectivity index (χ3v) is 5.30. The topological polar surface area (TPSA) is 116 Å². The van der Waals surface area contributed by atoms with Crippen LogP contribution in [0.2, 0.25) is 0 Å². The van der Waals surface area contributed by atoms with Crippen LogP contribution in [0.5, 0.6) is 0 Å². The Morgan fingerprint density at radius 2 is 0.943 bits per heavy atom. The first-order valence-electron chi connectivity index (χ1n) is 12.3. The van der Waals surface area contributed by atoms with Crippen LogP contribution >= 0.6 is 0 Å². The number of unbranched alkanes of at least 4 members (excludes halogenated alkanes) is 2. The molecule has 4 amide bonds. The number of hydrogen-bond donors (Lipinski definition) is 4. The molecule has 0 spiro atoms. The molecule has 0 atom stereocenters. The number of hydrogen-bond acceptors (Lipinski definition) is 4. The van der Waals surface area contributed by atoms with Crippen LogP contribution in [0.1, 0.15) is 79.5 Å². The molecular weight excluding hydrogens is 444 g/mol. The monoisotopic (exact) mass is 480 g/mol. The maximum atomic E-state index is 12.2. The Hall–Kier alpha value is -3.68. The van der Waals surface area contributed by atoms with Crippen molar-refractivity contribution < 1.29 is 19.2 Å². The van der Waals surface area contributed by atoms with Crippen LogP contribution in [0.15, 0.2) is 48.5 Å². The van der Waals surface area contributed by atoms with Crippen LogP contribution in [0, 0.1) is 0 Å². The minimum absolute atomic E-state index is 0.132. The highest BCUT2D eigenvalue weighted by atomic mass is 16.2. The molecule has 0 saturated heterocycles. The van der Waals surface area contributed by atoms with E-state index in [4.69, 9.17) is 0 Å². The van der Waals surface area contributed by atoms with Gasteiger partial charge in [0.1, 0.15) is 0 Å². The summed E-state index contributed by atoms with van der Waals surface area (Å²) in [5.41, 5.74) is 2.29. The zero-order chi connectivity index (χ0) is 25.5. The summed E-state index contributed by atoms with van der Waals surface area (Å²) in [5, 5.41) is 11.3. The van der Waals surface area contributed by atoms with Crippen molar-refractivity contribution in [3.8, 4) is 0 Å². The highest BCUT2D eigenvalue weighted by Crippen LogP contribution is 2.13. The third-order valence-electron chi connectivity index (χ3n) is 5.30. The van der Waals surface area contributed by atoms with Crippen LogP contribution in [0.25, 0.3) is 0 Å². The van der Waals surface area contributed by atoms with Crippen molar-refractivity contribution in [3.05, 3.63) is 59.7 Å². The lowest BCUT2D eigenvalue weighted by Crippen LogP contribution is -2.24. The van der Waals surface area contributed by atoms with Crippen LogP contribution in [0.4, 0.5) is 11.4 Å². The summed E-state index contributed by atoms with van der Waals surface area (Å²) in [5.74, 6) is -0.660. The van der Waals surface area contributed by atoms with E-state index < -0.39 is 0 Å². The SMILES string of the molecule is CCCCNC(=O)c1ccc(NC(=O)CCCC(=O)Nc2ccc(C(=O)NCCCC)cc2)cc1. The molecule has 8 nitrogen and oxygen atoms in total. The van der Waals surface area contributed by atoms with Gasteiger partial charge in [0.05, 0.1) is 0 Å². The third kappa shape index (κ3) is 10.4. The van der Waals surface area contributed by atoms with Crippen molar-refractivity contribution in [2.75, 3.05) is 23.7 Å². The molecule has 0 radical (unpaired) electrons. The number of amides is 4. The Morgan fingerprint density at radius 1 is 0.571 bits per heavy atom. The van der Waals surface area contributed by atoms with Gasteiger partial charge in [0.25, 0.3) is 11.8 Å². The molecule has 8 heteroatoms. The van der Waals surface area contributed by atoms with E-state index in [1.54, 1.807) is 48.5 Å². The van der Waals surface area contributed by atoms with Crippen molar-refractivity contribution >= 4 is 35.0 Å². The van der Waals surface area contributed by atoms with Crippen LogP contribution in [-0.4, -0.2) is 36.7 Å². The van der Waals surface area contributed by atoms with Gasteiger partial charge in [-0.15, -0.1) is 0 Å². The summed E-state index contributed by atoms with van der Waals surface area (Å²) in [7, 11) is 0. The Bertz CT molecular complexity index is 892. The largest absolute Gasteiger partial charge is 0.352 e. The molecular formula is C27H36N4O4. The summed E-state index contributed by atoms with van der Waals surface area (Å²) >= 11 is 0. The van der Waals surface area contributed by atoms with Gasteiger partial charge in [0.2, 0.25) is 11.8 Å². The van der Waals surface area contributed by atoms with Crippen molar-refractivity contribution in [1.29, 1.82) is 0 Å². The standard InChI is InChI=1S/C27H36N4O4/c1-3-5-18-28-26(34)20-10-14-22(15-11-20)30-24(32)8-7-9-25(33)31-23-16-12-21(13-17-23)27(35)29-19-6-4-2/h10-17H,3-9,18-19H2,1-2H3,(H,28,34)(H,29,35)(H,30,32)(H,31,33). The fraction of sp³-hybridized carbons (Fsp3) is 0.407. The van der Waals surface area contributed by atoms with Gasteiger partial charge >= 0.3 is 0 Å². The number of nitrogens with one attached hydrogen (secondary N) is 4. The van der Waals surface area contributed by atoms with E-state index in [0.717, 1.165) is 25.7 Å². The number of carbonyl (C=O) groups excluding carboxylic acids is 4. The summed E-state index contributed by atoms with van der Waals surface area (Å²) in [6.07, 6.45) is 4.68. The van der Waals surface area contributed by atoms with Gasteiger partial charge in [0.15, 0.2) is 0 Å². The fourth-order valence-electron chi connectivity index (χ4n) is 3.23. The second kappa shape index (κ2) is 15.3. The Kier molecular flexibility index (Phi) is 12.0. The Balaban J connectivity index is 1.69. The normalized spacial score (nSPS) is 10.3. The van der Waals surface area contributed by atoms with E-state index in [1.807, 2.05) is 0 Å². The lowest BCUT2D eigenvalue weighted by molar-refractivity contribution is -0.117. The molecule has 0 bridgehead atoms. The maximum Gasteiger partial charge on any atom is 0.251 e. The summed E-state index contributed by atoms with van der Waals surface area (Å²) < 4.78 is 0. The van der Waals surface area contributed by atoms with E-state index in [2.05, 4.69) is 35.1 Å². The number of carbonyl (C=O) groups is 4. The van der Waals surface area contributed by atoms with Crippen LogP contribution in [0.3, 0.4) is 0 Å². The molecule has 0 aliphatic carbocycles. The minimum Gasteiger partial charge on any atom is -0.352 e. The first kappa shape index (κ1) is 27.6. The molecule has 0 saturated carbocycles. The molecule has 35 heavy (non-hydrogen) atoms. The van der Waals surface area contributed by atoms with E-state index in [-0.39, 0.29) is 36.5 Å². The molecule has 0 unspecified atom stereocenters. The smallest absolute Gasteiger partial charge is 0.251 e. The molecule has 2 aromatic carbocycles. The van der Waals surface area contributed by atoms with Crippen LogP contribution < -0.4 is 21.3 Å². The van der Waals surface area contributed by atoms with Crippen molar-refractivity contribution in [2.45, 2.75) is 58.8 Å². The zero-order valence-corrected chi connectivity index (χ0v) is 20.6. The molecule has 4 N–H and O–H groups in total. The highest BCUT2D eigenvalue weighted by Gasteiger charge is 2.09. The van der Waals surface area contributed by atoms with E-state index >= 15 is 0 Å². The molecule has 188 valence electrons. The second-order valence-corrected chi connectivity index (χ2v) is 8.32. The molecule has 0 aromatic heterocycles. The number of rotatable bonds is 14. The Morgan fingerprint density at radius 3 is 1.29 bits per heavy atom. The van der Waals surface area contributed by atoms with Gasteiger partial charge in [-0.1, -0.05) is 26.7 Å². The average molecular weight is 481 g/mol. The average Bonchev–Trinajstić information content (AvgIpc) is 2.85. The van der Waals surface area contributed by atoms with Crippen molar-refractivity contribution in [2.24, 2.45) is 0 Å². The van der Waals surface area contributed by atoms with Gasteiger partial charge in [0, 0.05) is 48.4 Å². The van der Waals surface area contributed by atoms with Gasteiger partial charge < -0.3 is 21.3 Å². The maximum absolute atomic E-state index is 12.2. The molecule has 0 aliphatic rings. The Labute approximate surface area is 207 Å². The minimum atomic E-state index is -0.198. The van der Waals surface area contributed by atoms with Gasteiger partial charge in [-0.2, -0.15) is 0 Å².